The van der Waals surface area contributed by atoms with E-state index in [9.17, 15) is 13.2 Å². The molecule has 6 nitrogen and oxygen atoms in total. The molecule has 0 spiro atoms. The van der Waals surface area contributed by atoms with Gasteiger partial charge in [-0.1, -0.05) is 27.2 Å². The van der Waals surface area contributed by atoms with Crippen LogP contribution in [-0.4, -0.2) is 37.1 Å². The fraction of sp³-hybridized carbons (Fsp3) is 0.938. The van der Waals surface area contributed by atoms with Crippen molar-refractivity contribution in [1.82, 2.24) is 4.31 Å². The number of rotatable bonds is 2. The summed E-state index contributed by atoms with van der Waals surface area (Å²) in [6, 6.07) is -0.383. The number of hydrogen-bond donors (Lipinski definition) is 0. The molecule has 3 aliphatic rings. The van der Waals surface area contributed by atoms with E-state index >= 15 is 0 Å². The maximum atomic E-state index is 12.6. The molecule has 0 aromatic heterocycles. The summed E-state index contributed by atoms with van der Waals surface area (Å²) in [7, 11) is -3.99. The summed E-state index contributed by atoms with van der Waals surface area (Å²) in [6.07, 6.45) is 3.83. The first-order valence-corrected chi connectivity index (χ1v) is 10.1. The van der Waals surface area contributed by atoms with Crippen molar-refractivity contribution in [3.05, 3.63) is 0 Å². The van der Waals surface area contributed by atoms with Gasteiger partial charge in [-0.15, -0.1) is 0 Å². The Labute approximate surface area is 138 Å². The van der Waals surface area contributed by atoms with E-state index in [0.29, 0.717) is 30.6 Å². The van der Waals surface area contributed by atoms with Crippen LogP contribution in [0.15, 0.2) is 0 Å². The van der Waals surface area contributed by atoms with Crippen LogP contribution in [0.2, 0.25) is 0 Å². The van der Waals surface area contributed by atoms with E-state index in [0.717, 1.165) is 30.0 Å². The number of carbonyl (C=O) groups is 1. The number of amides is 1. The Morgan fingerprint density at radius 3 is 2.65 bits per heavy atom. The topological polar surface area (TPSA) is 72.9 Å². The molecule has 2 unspecified atom stereocenters. The second-order valence-corrected chi connectivity index (χ2v) is 9.08. The van der Waals surface area contributed by atoms with Crippen LogP contribution < -0.4 is 0 Å². The van der Waals surface area contributed by atoms with E-state index in [1.54, 1.807) is 0 Å². The lowest BCUT2D eigenvalue weighted by molar-refractivity contribution is -0.00416. The Hall–Kier alpha value is -0.820. The Kier molecular flexibility index (Phi) is 4.62. The molecule has 0 radical (unpaired) electrons. The van der Waals surface area contributed by atoms with E-state index in [4.69, 9.17) is 8.92 Å². The molecule has 0 N–H and O–H groups in total. The predicted molar refractivity (Wildman–Crippen MR) is 84.9 cm³/mol. The molecule has 2 aliphatic carbocycles. The summed E-state index contributed by atoms with van der Waals surface area (Å²) in [6.45, 7) is 6.41. The molecular weight excluding hydrogens is 318 g/mol. The van der Waals surface area contributed by atoms with Crippen LogP contribution in [0.5, 0.6) is 0 Å². The number of fused-ring (bicyclic) bond motifs is 1. The maximum absolute atomic E-state index is 12.6. The smallest absolute Gasteiger partial charge is 0.426 e. The van der Waals surface area contributed by atoms with E-state index < -0.39 is 22.5 Å². The molecule has 0 aromatic rings. The van der Waals surface area contributed by atoms with Gasteiger partial charge in [-0.05, 0) is 49.9 Å². The Bertz CT molecular complexity index is 561. The third kappa shape index (κ3) is 3.22. The minimum atomic E-state index is -3.99. The van der Waals surface area contributed by atoms with Gasteiger partial charge < -0.3 is 4.74 Å². The lowest BCUT2D eigenvalue weighted by Gasteiger charge is -2.37. The molecule has 1 aliphatic heterocycles. The molecule has 1 saturated heterocycles. The van der Waals surface area contributed by atoms with Crippen LogP contribution in [0.3, 0.4) is 0 Å². The zero-order valence-corrected chi connectivity index (χ0v) is 14.9. The van der Waals surface area contributed by atoms with Gasteiger partial charge in [0.05, 0.1) is 6.04 Å². The second-order valence-electron chi connectivity index (χ2n) is 7.63. The van der Waals surface area contributed by atoms with Crippen LogP contribution in [0.25, 0.3) is 0 Å². The van der Waals surface area contributed by atoms with Crippen molar-refractivity contribution in [1.29, 1.82) is 0 Å². The minimum absolute atomic E-state index is 0.207. The summed E-state index contributed by atoms with van der Waals surface area (Å²) in [5.74, 6) is 1.19. The van der Waals surface area contributed by atoms with Crippen molar-refractivity contribution in [2.24, 2.45) is 17.8 Å². The standard InChI is InChI=1S/C16H27NO5S/c1-10(2)12-8-7-11(3)9-15(12)21-16(18)17-13-5-4-6-14(13)22-23(17,19)20/h10-15H,4-9H2,1-3H3/t11-,12+,13?,14?,15-/m1/s1. The van der Waals surface area contributed by atoms with Crippen LogP contribution >= 0.6 is 0 Å². The summed E-state index contributed by atoms with van der Waals surface area (Å²) in [5.41, 5.74) is 0. The third-order valence-electron chi connectivity index (χ3n) is 5.60. The summed E-state index contributed by atoms with van der Waals surface area (Å²) < 4.78 is 35.9. The predicted octanol–water partition coefficient (Wildman–Crippen LogP) is 3.08. The van der Waals surface area contributed by atoms with Gasteiger partial charge in [-0.2, -0.15) is 12.7 Å². The van der Waals surface area contributed by atoms with Gasteiger partial charge in [0, 0.05) is 0 Å². The van der Waals surface area contributed by atoms with Gasteiger partial charge in [0.1, 0.15) is 12.2 Å². The second kappa shape index (κ2) is 6.24. The molecule has 7 heteroatoms. The van der Waals surface area contributed by atoms with Gasteiger partial charge in [-0.3, -0.25) is 0 Å². The van der Waals surface area contributed by atoms with E-state index in [-0.39, 0.29) is 12.1 Å². The highest BCUT2D eigenvalue weighted by atomic mass is 32.2. The SMILES string of the molecule is CC(C)[C@@H]1CC[C@@H](C)C[C@H]1OC(=O)N1C2CCCC2OS1(=O)=O. The average molecular weight is 345 g/mol. The first-order chi connectivity index (χ1) is 10.8. The molecular formula is C16H27NO5S. The number of carbonyl (C=O) groups excluding carboxylic acids is 1. The third-order valence-corrected chi connectivity index (χ3v) is 6.99. The Balaban J connectivity index is 1.74. The van der Waals surface area contributed by atoms with Crippen molar-refractivity contribution < 1.29 is 22.1 Å². The molecule has 1 amide bonds. The molecule has 3 rings (SSSR count). The normalized spacial score (nSPS) is 39.5. The summed E-state index contributed by atoms with van der Waals surface area (Å²) in [4.78, 5) is 12.6. The molecule has 1 heterocycles. The van der Waals surface area contributed by atoms with E-state index in [2.05, 4.69) is 20.8 Å². The highest BCUT2D eigenvalue weighted by molar-refractivity contribution is 7.85. The fourth-order valence-corrected chi connectivity index (χ4v) is 5.74. The summed E-state index contributed by atoms with van der Waals surface area (Å²) >= 11 is 0. The monoisotopic (exact) mass is 345 g/mol. The Morgan fingerprint density at radius 1 is 1.22 bits per heavy atom. The maximum Gasteiger partial charge on any atom is 0.426 e. The molecule has 0 bridgehead atoms. The quantitative estimate of drug-likeness (QED) is 0.769. The minimum Gasteiger partial charge on any atom is -0.445 e. The van der Waals surface area contributed by atoms with Gasteiger partial charge in [-0.25, -0.2) is 8.98 Å². The van der Waals surface area contributed by atoms with Gasteiger partial charge in [0.2, 0.25) is 0 Å². The average Bonchev–Trinajstić information content (AvgIpc) is 2.94. The molecule has 3 fully saturated rings. The van der Waals surface area contributed by atoms with Gasteiger partial charge in [0.15, 0.2) is 0 Å². The zero-order chi connectivity index (χ0) is 16.8. The largest absolute Gasteiger partial charge is 0.445 e. The lowest BCUT2D eigenvalue weighted by atomic mass is 9.75. The van der Waals surface area contributed by atoms with Crippen molar-refractivity contribution in [3.63, 3.8) is 0 Å². The molecule has 2 saturated carbocycles. The van der Waals surface area contributed by atoms with Crippen molar-refractivity contribution in [2.75, 3.05) is 0 Å². The number of ether oxygens (including phenoxy) is 1. The molecule has 5 atom stereocenters. The van der Waals surface area contributed by atoms with Crippen LogP contribution in [-0.2, 0) is 19.2 Å². The van der Waals surface area contributed by atoms with E-state index in [1.165, 1.54) is 0 Å². The van der Waals surface area contributed by atoms with Crippen molar-refractivity contribution in [3.8, 4) is 0 Å². The Morgan fingerprint density at radius 2 is 1.96 bits per heavy atom. The molecule has 132 valence electrons. The van der Waals surface area contributed by atoms with Crippen LogP contribution in [0.1, 0.15) is 59.3 Å². The molecule has 23 heavy (non-hydrogen) atoms. The fourth-order valence-electron chi connectivity index (χ4n) is 4.31. The number of nitrogens with zero attached hydrogens (tertiary/aromatic N) is 1. The lowest BCUT2D eigenvalue weighted by Crippen LogP contribution is -2.44. The molecule has 0 aromatic carbocycles. The summed E-state index contributed by atoms with van der Waals surface area (Å²) in [5, 5.41) is 0. The van der Waals surface area contributed by atoms with Crippen LogP contribution in [0.4, 0.5) is 4.79 Å². The van der Waals surface area contributed by atoms with Crippen molar-refractivity contribution in [2.45, 2.75) is 77.5 Å². The highest BCUT2D eigenvalue weighted by Crippen LogP contribution is 2.39. The zero-order valence-electron chi connectivity index (χ0n) is 14.1. The first-order valence-electron chi connectivity index (χ1n) is 8.73. The number of hydrogen-bond acceptors (Lipinski definition) is 5. The van der Waals surface area contributed by atoms with Gasteiger partial charge >= 0.3 is 16.4 Å². The van der Waals surface area contributed by atoms with Crippen LogP contribution in [0, 0.1) is 17.8 Å². The first kappa shape index (κ1) is 17.0. The van der Waals surface area contributed by atoms with Crippen molar-refractivity contribution >= 4 is 16.4 Å². The van der Waals surface area contributed by atoms with E-state index in [1.807, 2.05) is 0 Å². The highest BCUT2D eigenvalue weighted by Gasteiger charge is 2.52. The van der Waals surface area contributed by atoms with Gasteiger partial charge in [0.25, 0.3) is 0 Å².